The largest absolute Gasteiger partial charge is 0.454 e. The Morgan fingerprint density at radius 3 is 2.26 bits per heavy atom. The number of anilines is 1. The minimum atomic E-state index is -0.665. The number of carbonyl (C=O) groups is 4. The van der Waals surface area contributed by atoms with E-state index in [1.165, 1.54) is 17.0 Å². The van der Waals surface area contributed by atoms with E-state index in [9.17, 15) is 19.2 Å². The lowest BCUT2D eigenvalue weighted by molar-refractivity contribution is -0.122. The first-order chi connectivity index (χ1) is 14.8. The number of esters is 1. The van der Waals surface area contributed by atoms with Gasteiger partial charge in [0.2, 0.25) is 11.8 Å². The average molecular weight is 438 g/mol. The van der Waals surface area contributed by atoms with Gasteiger partial charge in [0.05, 0.1) is 23.1 Å². The van der Waals surface area contributed by atoms with Gasteiger partial charge in [0.25, 0.3) is 0 Å². The van der Waals surface area contributed by atoms with Crippen LogP contribution in [0.2, 0.25) is 5.02 Å². The summed E-state index contributed by atoms with van der Waals surface area (Å²) in [5, 5.41) is 0.509. The molecular weight excluding hydrogens is 418 g/mol. The third kappa shape index (κ3) is 4.16. The number of allylic oxidation sites excluding steroid dienone is 2. The number of amides is 2. The number of imide groups is 1. The molecule has 1 heterocycles. The van der Waals surface area contributed by atoms with Crippen LogP contribution in [0, 0.1) is 11.8 Å². The summed E-state index contributed by atoms with van der Waals surface area (Å²) in [7, 11) is 0. The molecule has 31 heavy (non-hydrogen) atoms. The molecule has 1 fully saturated rings. The fourth-order valence-corrected chi connectivity index (χ4v) is 4.10. The van der Waals surface area contributed by atoms with Gasteiger partial charge in [-0.05, 0) is 68.3 Å². The molecule has 0 N–H and O–H groups in total. The maximum absolute atomic E-state index is 12.8. The Morgan fingerprint density at radius 2 is 1.58 bits per heavy atom. The molecule has 0 radical (unpaired) electrons. The smallest absolute Gasteiger partial charge is 0.338 e. The van der Waals surface area contributed by atoms with Crippen molar-refractivity contribution in [3.05, 3.63) is 76.3 Å². The number of rotatable bonds is 5. The number of Topliss-reactive ketones (excluding diaryl/α,β-unsaturated/α-hetero) is 1. The Hall–Kier alpha value is -3.25. The van der Waals surface area contributed by atoms with Crippen LogP contribution in [0.3, 0.4) is 0 Å². The summed E-state index contributed by atoms with van der Waals surface area (Å²) in [6.07, 6.45) is 3.18. The molecule has 0 bridgehead atoms. The molecule has 0 unspecified atom stereocenters. The van der Waals surface area contributed by atoms with Crippen molar-refractivity contribution in [2.45, 2.75) is 19.8 Å². The van der Waals surface area contributed by atoms with Gasteiger partial charge in [-0.25, -0.2) is 4.79 Å². The fraction of sp³-hybridized carbons (Fsp3) is 0.250. The molecule has 2 amide bonds. The molecule has 0 saturated carbocycles. The van der Waals surface area contributed by atoms with Crippen molar-refractivity contribution >= 4 is 40.9 Å². The molecule has 2 aliphatic rings. The van der Waals surface area contributed by atoms with Crippen LogP contribution in [0.15, 0.2) is 60.2 Å². The van der Waals surface area contributed by atoms with Crippen LogP contribution in [0.4, 0.5) is 5.69 Å². The van der Waals surface area contributed by atoms with Gasteiger partial charge in [-0.1, -0.05) is 23.3 Å². The van der Waals surface area contributed by atoms with E-state index in [0.29, 0.717) is 29.1 Å². The average Bonchev–Trinajstić information content (AvgIpc) is 3.02. The Morgan fingerprint density at radius 1 is 0.968 bits per heavy atom. The third-order valence-electron chi connectivity index (χ3n) is 5.68. The van der Waals surface area contributed by atoms with Gasteiger partial charge < -0.3 is 4.74 Å². The predicted molar refractivity (Wildman–Crippen MR) is 115 cm³/mol. The van der Waals surface area contributed by atoms with E-state index < -0.39 is 12.6 Å². The summed E-state index contributed by atoms with van der Waals surface area (Å²) < 4.78 is 5.10. The minimum absolute atomic E-state index is 0.202. The van der Waals surface area contributed by atoms with Crippen molar-refractivity contribution in [2.75, 3.05) is 11.5 Å². The van der Waals surface area contributed by atoms with Gasteiger partial charge in [-0.3, -0.25) is 19.3 Å². The topological polar surface area (TPSA) is 80.8 Å². The number of carbonyl (C=O) groups excluding carboxylic acids is 4. The Labute approximate surface area is 184 Å². The molecule has 2 aromatic carbocycles. The van der Waals surface area contributed by atoms with Crippen molar-refractivity contribution in [3.63, 3.8) is 0 Å². The molecule has 7 heteroatoms. The number of fused-ring (bicyclic) bond motifs is 1. The van der Waals surface area contributed by atoms with Crippen molar-refractivity contribution in [3.8, 4) is 0 Å². The van der Waals surface area contributed by atoms with Gasteiger partial charge in [-0.15, -0.1) is 0 Å². The second kappa shape index (κ2) is 8.47. The molecule has 4 rings (SSSR count). The lowest BCUT2D eigenvalue weighted by atomic mass is 9.82. The second-order valence-corrected chi connectivity index (χ2v) is 8.20. The van der Waals surface area contributed by atoms with E-state index in [1.807, 2.05) is 13.0 Å². The summed E-state index contributed by atoms with van der Waals surface area (Å²) in [5.74, 6) is -2.06. The highest BCUT2D eigenvalue weighted by Crippen LogP contribution is 2.39. The number of halogens is 1. The summed E-state index contributed by atoms with van der Waals surface area (Å²) in [6.45, 7) is 1.57. The monoisotopic (exact) mass is 437 g/mol. The standard InChI is InChI=1S/C24H20ClNO5/c1-14-2-11-19-20(12-14)23(29)26(22(19)28)18-9-5-16(6-10-18)24(30)31-13-21(27)15-3-7-17(25)8-4-15/h2-10,19-20H,11-13H2,1H3/t19-,20-/m1/s1. The molecule has 1 aliphatic carbocycles. The molecule has 6 nitrogen and oxygen atoms in total. The second-order valence-electron chi connectivity index (χ2n) is 7.77. The highest BCUT2D eigenvalue weighted by molar-refractivity contribution is 6.30. The van der Waals surface area contributed by atoms with E-state index >= 15 is 0 Å². The maximum Gasteiger partial charge on any atom is 0.338 e. The van der Waals surface area contributed by atoms with E-state index in [-0.39, 0.29) is 35.0 Å². The Balaban J connectivity index is 1.40. The minimum Gasteiger partial charge on any atom is -0.454 e. The fourth-order valence-electron chi connectivity index (χ4n) is 3.97. The van der Waals surface area contributed by atoms with Gasteiger partial charge in [0.1, 0.15) is 0 Å². The number of hydrogen-bond acceptors (Lipinski definition) is 5. The van der Waals surface area contributed by atoms with Gasteiger partial charge in [-0.2, -0.15) is 0 Å². The number of ether oxygens (including phenoxy) is 1. The Bertz CT molecular complexity index is 1090. The maximum atomic E-state index is 12.8. The molecule has 0 spiro atoms. The SMILES string of the molecule is CC1=CC[C@H]2C(=O)N(c3ccc(C(=O)OCC(=O)c4ccc(Cl)cc4)cc3)C(=O)[C@@H]2C1. The first-order valence-electron chi connectivity index (χ1n) is 9.94. The molecular formula is C24H20ClNO5. The third-order valence-corrected chi connectivity index (χ3v) is 5.94. The van der Waals surface area contributed by atoms with Crippen molar-refractivity contribution in [1.82, 2.24) is 0 Å². The quantitative estimate of drug-likeness (QED) is 0.303. The number of nitrogens with zero attached hydrogens (tertiary/aromatic N) is 1. The normalized spacial score (nSPS) is 20.3. The van der Waals surface area contributed by atoms with Crippen molar-refractivity contribution in [2.24, 2.45) is 11.8 Å². The molecule has 1 saturated heterocycles. The molecule has 2 aromatic rings. The lowest BCUT2D eigenvalue weighted by Gasteiger charge is -2.18. The van der Waals surface area contributed by atoms with Crippen LogP contribution in [-0.4, -0.2) is 30.2 Å². The summed E-state index contributed by atoms with van der Waals surface area (Å²) in [6, 6.07) is 12.4. The zero-order valence-electron chi connectivity index (χ0n) is 16.8. The molecule has 1 aliphatic heterocycles. The van der Waals surface area contributed by atoms with E-state index in [0.717, 1.165) is 5.57 Å². The summed E-state index contributed by atoms with van der Waals surface area (Å²) in [4.78, 5) is 51.2. The number of ketones is 1. The van der Waals surface area contributed by atoms with Gasteiger partial charge in [0, 0.05) is 10.6 Å². The summed E-state index contributed by atoms with van der Waals surface area (Å²) in [5.41, 5.74) is 2.16. The van der Waals surface area contributed by atoms with Gasteiger partial charge >= 0.3 is 5.97 Å². The van der Waals surface area contributed by atoms with E-state index in [4.69, 9.17) is 16.3 Å². The summed E-state index contributed by atoms with van der Waals surface area (Å²) >= 11 is 5.80. The van der Waals surface area contributed by atoms with Crippen molar-refractivity contribution in [1.29, 1.82) is 0 Å². The van der Waals surface area contributed by atoms with Crippen LogP contribution in [-0.2, 0) is 14.3 Å². The number of hydrogen-bond donors (Lipinski definition) is 0. The highest BCUT2D eigenvalue weighted by atomic mass is 35.5. The van der Waals surface area contributed by atoms with E-state index in [2.05, 4.69) is 0 Å². The van der Waals surface area contributed by atoms with Crippen LogP contribution < -0.4 is 4.90 Å². The van der Waals surface area contributed by atoms with Crippen LogP contribution in [0.5, 0.6) is 0 Å². The predicted octanol–water partition coefficient (Wildman–Crippen LogP) is 4.23. The molecule has 158 valence electrons. The van der Waals surface area contributed by atoms with E-state index in [1.54, 1.807) is 36.4 Å². The van der Waals surface area contributed by atoms with Crippen LogP contribution in [0.1, 0.15) is 40.5 Å². The Kier molecular flexibility index (Phi) is 5.74. The highest BCUT2D eigenvalue weighted by Gasteiger charge is 2.48. The van der Waals surface area contributed by atoms with Crippen molar-refractivity contribution < 1.29 is 23.9 Å². The van der Waals surface area contributed by atoms with Gasteiger partial charge in [0.15, 0.2) is 12.4 Å². The first-order valence-corrected chi connectivity index (χ1v) is 10.3. The number of benzene rings is 2. The first kappa shape index (κ1) is 21.0. The zero-order valence-corrected chi connectivity index (χ0v) is 17.6. The molecule has 0 aromatic heterocycles. The lowest BCUT2D eigenvalue weighted by Crippen LogP contribution is -2.30. The molecule has 2 atom stereocenters. The zero-order chi connectivity index (χ0) is 22.1. The van der Waals surface area contributed by atoms with Crippen LogP contribution in [0.25, 0.3) is 0 Å². The van der Waals surface area contributed by atoms with Crippen LogP contribution >= 0.6 is 11.6 Å².